The predicted molar refractivity (Wildman–Crippen MR) is 107 cm³/mol. The van der Waals surface area contributed by atoms with Gasteiger partial charge in [0.25, 0.3) is 5.91 Å². The minimum atomic E-state index is -0.436. The van der Waals surface area contributed by atoms with Crippen molar-refractivity contribution in [3.05, 3.63) is 60.2 Å². The first-order valence-corrected chi connectivity index (χ1v) is 8.71. The van der Waals surface area contributed by atoms with E-state index in [1.807, 2.05) is 0 Å². The highest BCUT2D eigenvalue weighted by molar-refractivity contribution is 6.14. The third-order valence-corrected chi connectivity index (χ3v) is 4.57. The zero-order valence-electron chi connectivity index (χ0n) is 15.3. The first-order chi connectivity index (χ1) is 13.9. The predicted octanol–water partition coefficient (Wildman–Crippen LogP) is 3.95. The van der Waals surface area contributed by atoms with Gasteiger partial charge in [0.2, 0.25) is 0 Å². The summed E-state index contributed by atoms with van der Waals surface area (Å²) in [5.41, 5.74) is 1.90. The number of phenols is 4. The Kier molecular flexibility index (Phi) is 4.27. The zero-order chi connectivity index (χ0) is 20.7. The maximum Gasteiger partial charge on any atom is 0.251 e. The summed E-state index contributed by atoms with van der Waals surface area (Å²) in [5.74, 6) is -0.481. The number of rotatable bonds is 3. The Balaban J connectivity index is 2.14. The van der Waals surface area contributed by atoms with Crippen LogP contribution in [0.25, 0.3) is 33.4 Å². The lowest BCUT2D eigenvalue weighted by Gasteiger charge is -2.08. The van der Waals surface area contributed by atoms with E-state index in [9.17, 15) is 25.2 Å². The Morgan fingerprint density at radius 3 is 2.03 bits per heavy atom. The number of nitrogens with one attached hydrogen (secondary N) is 1. The summed E-state index contributed by atoms with van der Waals surface area (Å²) in [5, 5.41) is 42.6. The molecule has 0 radical (unpaired) electrons. The Bertz CT molecular complexity index is 1220. The molecule has 29 heavy (non-hydrogen) atoms. The molecule has 0 spiro atoms. The fourth-order valence-corrected chi connectivity index (χ4v) is 3.36. The van der Waals surface area contributed by atoms with Crippen LogP contribution in [0.4, 0.5) is 0 Å². The fraction of sp³-hybridized carbons (Fsp3) is 0.0455. The number of carbonyl (C=O) groups is 1. The standard InChI is InChI=1S/C22H17NO6/c1-23-22(28)17-9-16(27)10-18-20(17)19(12-6-14(25)8-15(26)7-12)21(29-18)11-2-4-13(24)5-3-11/h2-10,24-27H,1H3,(H,23,28). The van der Waals surface area contributed by atoms with Crippen molar-refractivity contribution in [3.8, 4) is 45.4 Å². The summed E-state index contributed by atoms with van der Waals surface area (Å²) in [6.07, 6.45) is 0. The van der Waals surface area contributed by atoms with E-state index in [-0.39, 0.29) is 34.1 Å². The van der Waals surface area contributed by atoms with Gasteiger partial charge in [-0.1, -0.05) is 0 Å². The second-order valence-corrected chi connectivity index (χ2v) is 6.54. The van der Waals surface area contributed by atoms with Gasteiger partial charge in [-0.05, 0) is 48.0 Å². The molecule has 0 saturated heterocycles. The summed E-state index contributed by atoms with van der Waals surface area (Å²) < 4.78 is 5.99. The van der Waals surface area contributed by atoms with Crippen LogP contribution in [0, 0.1) is 0 Å². The van der Waals surface area contributed by atoms with Crippen LogP contribution in [0.15, 0.2) is 59.0 Å². The number of furan rings is 1. The Labute approximate surface area is 165 Å². The first kappa shape index (κ1) is 18.2. The van der Waals surface area contributed by atoms with E-state index < -0.39 is 5.91 Å². The minimum absolute atomic E-state index is 0.0742. The van der Waals surface area contributed by atoms with Crippen LogP contribution in [0.3, 0.4) is 0 Å². The SMILES string of the molecule is CNC(=O)c1cc(O)cc2oc(-c3ccc(O)cc3)c(-c3cc(O)cc(O)c3)c12. The van der Waals surface area contributed by atoms with Crippen LogP contribution in [0.2, 0.25) is 0 Å². The van der Waals surface area contributed by atoms with Crippen LogP contribution in [0.5, 0.6) is 23.0 Å². The molecule has 0 fully saturated rings. The minimum Gasteiger partial charge on any atom is -0.508 e. The third-order valence-electron chi connectivity index (χ3n) is 4.57. The summed E-state index contributed by atoms with van der Waals surface area (Å²) in [7, 11) is 1.47. The van der Waals surface area contributed by atoms with E-state index in [4.69, 9.17) is 4.42 Å². The third kappa shape index (κ3) is 3.19. The van der Waals surface area contributed by atoms with E-state index in [1.54, 1.807) is 12.1 Å². The Morgan fingerprint density at radius 1 is 0.793 bits per heavy atom. The second-order valence-electron chi connectivity index (χ2n) is 6.54. The molecule has 4 rings (SSSR count). The smallest absolute Gasteiger partial charge is 0.251 e. The van der Waals surface area contributed by atoms with Crippen molar-refractivity contribution < 1.29 is 29.6 Å². The highest BCUT2D eigenvalue weighted by Crippen LogP contribution is 2.45. The summed E-state index contributed by atoms with van der Waals surface area (Å²) in [4.78, 5) is 12.5. The Morgan fingerprint density at radius 2 is 1.41 bits per heavy atom. The molecule has 4 aromatic rings. The monoisotopic (exact) mass is 391 g/mol. The van der Waals surface area contributed by atoms with E-state index in [1.165, 1.54) is 49.5 Å². The molecule has 1 heterocycles. The molecule has 0 unspecified atom stereocenters. The molecule has 5 N–H and O–H groups in total. The molecule has 7 heteroatoms. The van der Waals surface area contributed by atoms with Crippen molar-refractivity contribution in [2.75, 3.05) is 7.05 Å². The maximum atomic E-state index is 12.5. The van der Waals surface area contributed by atoms with Crippen LogP contribution in [-0.4, -0.2) is 33.4 Å². The molecule has 0 bridgehead atoms. The molecule has 7 nitrogen and oxygen atoms in total. The summed E-state index contributed by atoms with van der Waals surface area (Å²) >= 11 is 0. The second kappa shape index (κ2) is 6.79. The number of hydrogen-bond donors (Lipinski definition) is 5. The zero-order valence-corrected chi connectivity index (χ0v) is 15.3. The van der Waals surface area contributed by atoms with Gasteiger partial charge in [0.15, 0.2) is 0 Å². The number of phenolic OH excluding ortho intramolecular Hbond substituents is 4. The first-order valence-electron chi connectivity index (χ1n) is 8.71. The lowest BCUT2D eigenvalue weighted by Crippen LogP contribution is -2.18. The van der Waals surface area contributed by atoms with Gasteiger partial charge < -0.3 is 30.2 Å². The van der Waals surface area contributed by atoms with Crippen molar-refractivity contribution in [3.63, 3.8) is 0 Å². The summed E-state index contributed by atoms with van der Waals surface area (Å²) in [6.45, 7) is 0. The number of carbonyl (C=O) groups excluding carboxylic acids is 1. The normalized spacial score (nSPS) is 10.9. The quantitative estimate of drug-likeness (QED) is 0.360. The molecule has 0 saturated carbocycles. The molecule has 3 aromatic carbocycles. The van der Waals surface area contributed by atoms with Gasteiger partial charge in [-0.3, -0.25) is 4.79 Å². The largest absolute Gasteiger partial charge is 0.508 e. The van der Waals surface area contributed by atoms with Crippen molar-refractivity contribution in [2.24, 2.45) is 0 Å². The lowest BCUT2D eigenvalue weighted by atomic mass is 9.95. The van der Waals surface area contributed by atoms with Gasteiger partial charge >= 0.3 is 0 Å². The molecule has 0 aliphatic rings. The van der Waals surface area contributed by atoms with Crippen LogP contribution in [0.1, 0.15) is 10.4 Å². The lowest BCUT2D eigenvalue weighted by molar-refractivity contribution is 0.0964. The van der Waals surface area contributed by atoms with Gasteiger partial charge in [0.1, 0.15) is 34.3 Å². The number of fused-ring (bicyclic) bond motifs is 1. The summed E-state index contributed by atoms with van der Waals surface area (Å²) in [6, 6.07) is 13.0. The van der Waals surface area contributed by atoms with Gasteiger partial charge in [-0.25, -0.2) is 0 Å². The van der Waals surface area contributed by atoms with Crippen molar-refractivity contribution in [2.45, 2.75) is 0 Å². The van der Waals surface area contributed by atoms with E-state index in [0.29, 0.717) is 27.8 Å². The Hall–Kier alpha value is -4.13. The average molecular weight is 391 g/mol. The van der Waals surface area contributed by atoms with Gasteiger partial charge in [-0.2, -0.15) is 0 Å². The van der Waals surface area contributed by atoms with Crippen LogP contribution in [-0.2, 0) is 0 Å². The average Bonchev–Trinajstić information content (AvgIpc) is 3.05. The van der Waals surface area contributed by atoms with Gasteiger partial charge in [-0.15, -0.1) is 0 Å². The van der Waals surface area contributed by atoms with Crippen molar-refractivity contribution in [1.29, 1.82) is 0 Å². The molecule has 1 amide bonds. The van der Waals surface area contributed by atoms with E-state index in [0.717, 1.165) is 0 Å². The maximum absolute atomic E-state index is 12.5. The molecule has 0 aliphatic carbocycles. The topological polar surface area (TPSA) is 123 Å². The van der Waals surface area contributed by atoms with Crippen LogP contribution >= 0.6 is 0 Å². The van der Waals surface area contributed by atoms with Crippen molar-refractivity contribution >= 4 is 16.9 Å². The highest BCUT2D eigenvalue weighted by atomic mass is 16.3. The molecule has 0 aliphatic heterocycles. The number of hydrogen-bond acceptors (Lipinski definition) is 6. The highest BCUT2D eigenvalue weighted by Gasteiger charge is 2.24. The van der Waals surface area contributed by atoms with Gasteiger partial charge in [0.05, 0.1) is 5.56 Å². The van der Waals surface area contributed by atoms with E-state index >= 15 is 0 Å². The molecule has 146 valence electrons. The van der Waals surface area contributed by atoms with Gasteiger partial charge in [0, 0.05) is 35.7 Å². The number of benzene rings is 3. The van der Waals surface area contributed by atoms with E-state index in [2.05, 4.69) is 5.32 Å². The molecule has 0 atom stereocenters. The fourth-order valence-electron chi connectivity index (χ4n) is 3.36. The van der Waals surface area contributed by atoms with Crippen LogP contribution < -0.4 is 5.32 Å². The molecule has 1 aromatic heterocycles. The molecular weight excluding hydrogens is 374 g/mol. The number of aromatic hydroxyl groups is 4. The molecular formula is C22H17NO6. The number of amides is 1. The van der Waals surface area contributed by atoms with Crippen molar-refractivity contribution in [1.82, 2.24) is 5.32 Å².